The molecule has 1 aromatic heterocycles. The first kappa shape index (κ1) is 12.4. The van der Waals surface area contributed by atoms with Crippen LogP contribution in [0.5, 0.6) is 0 Å². The minimum Gasteiger partial charge on any atom is -0.326 e. The van der Waals surface area contributed by atoms with Gasteiger partial charge < -0.3 is 4.98 Å². The average Bonchev–Trinajstić information content (AvgIpc) is 2.26. The Balaban J connectivity index is 2.35. The van der Waals surface area contributed by atoms with Crippen LogP contribution < -0.4 is 5.56 Å². The highest BCUT2D eigenvalue weighted by Crippen LogP contribution is 2.36. The topological polar surface area (TPSA) is 32.9 Å². The summed E-state index contributed by atoms with van der Waals surface area (Å²) in [7, 11) is 0. The molecule has 0 saturated carbocycles. The Labute approximate surface area is 103 Å². The smallest absolute Gasteiger partial charge is 0.251 e. The van der Waals surface area contributed by atoms with Crippen molar-refractivity contribution in [3.63, 3.8) is 0 Å². The molecule has 0 fully saturated rings. The molecule has 1 aliphatic carbocycles. The summed E-state index contributed by atoms with van der Waals surface area (Å²) < 4.78 is 0. The SMILES string of the molecule is CCc1cc2c([nH]c1=O)CCC(C(C)(C)C)C2. The highest BCUT2D eigenvalue weighted by molar-refractivity contribution is 5.28. The molecular weight excluding hydrogens is 210 g/mol. The van der Waals surface area contributed by atoms with E-state index in [9.17, 15) is 4.79 Å². The van der Waals surface area contributed by atoms with Gasteiger partial charge in [-0.25, -0.2) is 0 Å². The van der Waals surface area contributed by atoms with Crippen molar-refractivity contribution >= 4 is 0 Å². The number of aryl methyl sites for hydroxylation is 2. The Hall–Kier alpha value is -1.05. The van der Waals surface area contributed by atoms with E-state index in [2.05, 4.69) is 31.8 Å². The lowest BCUT2D eigenvalue weighted by Gasteiger charge is -2.34. The molecule has 0 saturated heterocycles. The average molecular weight is 233 g/mol. The molecule has 1 atom stereocenters. The summed E-state index contributed by atoms with van der Waals surface area (Å²) in [6, 6.07) is 2.13. The fourth-order valence-electron chi connectivity index (χ4n) is 2.75. The van der Waals surface area contributed by atoms with Gasteiger partial charge in [-0.15, -0.1) is 0 Å². The third kappa shape index (κ3) is 2.46. The van der Waals surface area contributed by atoms with E-state index in [-0.39, 0.29) is 5.56 Å². The van der Waals surface area contributed by atoms with Gasteiger partial charge >= 0.3 is 0 Å². The second kappa shape index (κ2) is 4.32. The lowest BCUT2D eigenvalue weighted by molar-refractivity contribution is 0.214. The molecule has 2 nitrogen and oxygen atoms in total. The maximum atomic E-state index is 11.7. The molecule has 94 valence electrons. The summed E-state index contributed by atoms with van der Waals surface area (Å²) in [6.07, 6.45) is 4.15. The lowest BCUT2D eigenvalue weighted by atomic mass is 9.71. The Morgan fingerprint density at radius 2 is 2.12 bits per heavy atom. The predicted octanol–water partition coefficient (Wildman–Crippen LogP) is 3.09. The van der Waals surface area contributed by atoms with Crippen LogP contribution in [-0.4, -0.2) is 4.98 Å². The molecule has 0 amide bonds. The van der Waals surface area contributed by atoms with Gasteiger partial charge in [-0.2, -0.15) is 0 Å². The van der Waals surface area contributed by atoms with Gasteiger partial charge in [0.15, 0.2) is 0 Å². The van der Waals surface area contributed by atoms with Crippen molar-refractivity contribution in [3.8, 4) is 0 Å². The standard InChI is InChI=1S/C15H23NO/c1-5-10-8-11-9-12(15(2,3)4)6-7-13(11)16-14(10)17/h8,12H,5-7,9H2,1-4H3,(H,16,17). The van der Waals surface area contributed by atoms with E-state index in [1.165, 1.54) is 17.7 Å². The van der Waals surface area contributed by atoms with Gasteiger partial charge in [0, 0.05) is 11.3 Å². The van der Waals surface area contributed by atoms with E-state index in [4.69, 9.17) is 0 Å². The van der Waals surface area contributed by atoms with Crippen molar-refractivity contribution in [2.75, 3.05) is 0 Å². The van der Waals surface area contributed by atoms with Gasteiger partial charge in [-0.3, -0.25) is 4.79 Å². The van der Waals surface area contributed by atoms with E-state index in [0.29, 0.717) is 5.41 Å². The Kier molecular flexibility index (Phi) is 3.15. The molecule has 2 rings (SSSR count). The van der Waals surface area contributed by atoms with Crippen LogP contribution in [0.4, 0.5) is 0 Å². The third-order valence-corrected chi connectivity index (χ3v) is 4.11. The predicted molar refractivity (Wildman–Crippen MR) is 71.4 cm³/mol. The first-order chi connectivity index (χ1) is 7.91. The number of rotatable bonds is 1. The van der Waals surface area contributed by atoms with Crippen LogP contribution in [0.15, 0.2) is 10.9 Å². The molecule has 2 heteroatoms. The second-order valence-corrected chi connectivity index (χ2v) is 6.29. The summed E-state index contributed by atoms with van der Waals surface area (Å²) in [5.41, 5.74) is 3.94. The highest BCUT2D eigenvalue weighted by Gasteiger charge is 2.29. The van der Waals surface area contributed by atoms with E-state index >= 15 is 0 Å². The third-order valence-electron chi connectivity index (χ3n) is 4.11. The summed E-state index contributed by atoms with van der Waals surface area (Å²) in [5, 5.41) is 0. The fourth-order valence-corrected chi connectivity index (χ4v) is 2.75. The van der Waals surface area contributed by atoms with Crippen LogP contribution >= 0.6 is 0 Å². The molecule has 0 bridgehead atoms. The van der Waals surface area contributed by atoms with Crippen LogP contribution in [0, 0.1) is 11.3 Å². The molecule has 1 N–H and O–H groups in total. The molecular formula is C15H23NO. The largest absolute Gasteiger partial charge is 0.326 e. The van der Waals surface area contributed by atoms with Crippen LogP contribution in [0.25, 0.3) is 0 Å². The summed E-state index contributed by atoms with van der Waals surface area (Å²) >= 11 is 0. The first-order valence-electron chi connectivity index (χ1n) is 6.65. The first-order valence-corrected chi connectivity index (χ1v) is 6.65. The van der Waals surface area contributed by atoms with Crippen LogP contribution in [0.2, 0.25) is 0 Å². The molecule has 0 aromatic carbocycles. The van der Waals surface area contributed by atoms with Crippen molar-refractivity contribution < 1.29 is 0 Å². The van der Waals surface area contributed by atoms with Crippen LogP contribution in [0.3, 0.4) is 0 Å². The molecule has 1 heterocycles. The summed E-state index contributed by atoms with van der Waals surface area (Å²) in [5.74, 6) is 0.727. The van der Waals surface area contributed by atoms with Gasteiger partial charge in [0.25, 0.3) is 5.56 Å². The van der Waals surface area contributed by atoms with Gasteiger partial charge in [-0.05, 0) is 48.6 Å². The number of pyridine rings is 1. The Bertz CT molecular complexity index is 465. The quantitative estimate of drug-likeness (QED) is 0.794. The molecule has 17 heavy (non-hydrogen) atoms. The zero-order valence-electron chi connectivity index (χ0n) is 11.4. The number of aromatic nitrogens is 1. The maximum absolute atomic E-state index is 11.7. The van der Waals surface area contributed by atoms with Gasteiger partial charge in [0.1, 0.15) is 0 Å². The fraction of sp³-hybridized carbons (Fsp3) is 0.667. The van der Waals surface area contributed by atoms with E-state index in [0.717, 1.165) is 30.7 Å². The number of hydrogen-bond donors (Lipinski definition) is 1. The molecule has 1 aromatic rings. The summed E-state index contributed by atoms with van der Waals surface area (Å²) in [6.45, 7) is 8.99. The normalized spacial score (nSPS) is 20.1. The van der Waals surface area contributed by atoms with Crippen LogP contribution in [0.1, 0.15) is 50.9 Å². The zero-order chi connectivity index (χ0) is 12.6. The minimum absolute atomic E-state index is 0.112. The van der Waals surface area contributed by atoms with E-state index in [1.54, 1.807) is 0 Å². The number of hydrogen-bond acceptors (Lipinski definition) is 1. The lowest BCUT2D eigenvalue weighted by Crippen LogP contribution is -2.29. The second-order valence-electron chi connectivity index (χ2n) is 6.29. The molecule has 0 radical (unpaired) electrons. The Morgan fingerprint density at radius 3 is 2.71 bits per heavy atom. The van der Waals surface area contributed by atoms with Gasteiger partial charge in [0.2, 0.25) is 0 Å². The van der Waals surface area contributed by atoms with Crippen molar-refractivity contribution in [2.45, 2.75) is 53.4 Å². The molecule has 1 unspecified atom stereocenters. The Morgan fingerprint density at radius 1 is 1.41 bits per heavy atom. The van der Waals surface area contributed by atoms with Gasteiger partial charge in [-0.1, -0.05) is 27.7 Å². The van der Waals surface area contributed by atoms with Crippen molar-refractivity contribution in [2.24, 2.45) is 11.3 Å². The van der Waals surface area contributed by atoms with Crippen molar-refractivity contribution in [1.29, 1.82) is 0 Å². The molecule has 0 spiro atoms. The molecule has 0 aliphatic heterocycles. The van der Waals surface area contributed by atoms with Crippen molar-refractivity contribution in [1.82, 2.24) is 4.98 Å². The number of fused-ring (bicyclic) bond motifs is 1. The minimum atomic E-state index is 0.112. The zero-order valence-corrected chi connectivity index (χ0v) is 11.4. The number of nitrogens with one attached hydrogen (secondary N) is 1. The number of aromatic amines is 1. The van der Waals surface area contributed by atoms with Crippen LogP contribution in [-0.2, 0) is 19.3 Å². The van der Waals surface area contributed by atoms with E-state index in [1.807, 2.05) is 6.92 Å². The van der Waals surface area contributed by atoms with E-state index < -0.39 is 0 Å². The highest BCUT2D eigenvalue weighted by atomic mass is 16.1. The maximum Gasteiger partial charge on any atom is 0.251 e. The van der Waals surface area contributed by atoms with Crippen molar-refractivity contribution in [3.05, 3.63) is 33.2 Å². The number of H-pyrrole nitrogens is 1. The monoisotopic (exact) mass is 233 g/mol. The van der Waals surface area contributed by atoms with Gasteiger partial charge in [0.05, 0.1) is 0 Å². The molecule has 1 aliphatic rings. The summed E-state index contributed by atoms with van der Waals surface area (Å²) in [4.78, 5) is 14.8.